The van der Waals surface area contributed by atoms with Gasteiger partial charge in [-0.25, -0.2) is 4.79 Å². The zero-order valence-corrected chi connectivity index (χ0v) is 12.2. The highest BCUT2D eigenvalue weighted by Crippen LogP contribution is 2.28. The molecule has 0 bridgehead atoms. The second-order valence-electron chi connectivity index (χ2n) is 4.90. The fraction of sp³-hybridized carbons (Fsp3) is 0.500. The molecule has 1 saturated heterocycles. The lowest BCUT2D eigenvalue weighted by atomic mass is 10.0. The van der Waals surface area contributed by atoms with E-state index < -0.39 is 30.6 Å². The lowest BCUT2D eigenvalue weighted by Crippen LogP contribution is -2.48. The van der Waals surface area contributed by atoms with Gasteiger partial charge in [0.15, 0.2) is 23.4 Å². The summed E-state index contributed by atoms with van der Waals surface area (Å²) in [6.07, 6.45) is -3.06. The molecule has 0 saturated carbocycles. The first-order chi connectivity index (χ1) is 10.4. The van der Waals surface area contributed by atoms with Gasteiger partial charge in [0.25, 0.3) is 0 Å². The third kappa shape index (κ3) is 3.14. The fourth-order valence-corrected chi connectivity index (χ4v) is 2.04. The van der Waals surface area contributed by atoms with Gasteiger partial charge >= 0.3 is 5.97 Å². The van der Waals surface area contributed by atoms with Crippen molar-refractivity contribution in [2.75, 3.05) is 27.4 Å². The minimum Gasteiger partial charge on any atom is -0.493 e. The van der Waals surface area contributed by atoms with Crippen molar-refractivity contribution >= 4 is 5.97 Å². The van der Waals surface area contributed by atoms with Crippen LogP contribution in [0.3, 0.4) is 0 Å². The first kappa shape index (κ1) is 16.5. The van der Waals surface area contributed by atoms with Gasteiger partial charge in [-0.05, 0) is 18.2 Å². The minimum atomic E-state index is -1.84. The molecule has 8 nitrogen and oxygen atoms in total. The third-order valence-electron chi connectivity index (χ3n) is 3.40. The summed E-state index contributed by atoms with van der Waals surface area (Å²) < 4.78 is 19.8. The molecular formula is C14H18O8. The molecule has 0 radical (unpaired) electrons. The highest BCUT2D eigenvalue weighted by atomic mass is 16.6. The Hall–Kier alpha value is -1.87. The molecule has 2 rings (SSSR count). The van der Waals surface area contributed by atoms with Gasteiger partial charge in [0, 0.05) is 0 Å². The van der Waals surface area contributed by atoms with Gasteiger partial charge in [0.05, 0.1) is 26.4 Å². The number of carbonyl (C=O) groups excluding carboxylic acids is 1. The van der Waals surface area contributed by atoms with Crippen LogP contribution in [0.4, 0.5) is 0 Å². The summed E-state index contributed by atoms with van der Waals surface area (Å²) in [5.41, 5.74) is -1.65. The number of carbonyl (C=O) groups is 1. The number of ether oxygens (including phenoxy) is 4. The molecule has 0 amide bonds. The first-order valence-electron chi connectivity index (χ1n) is 6.50. The van der Waals surface area contributed by atoms with Crippen LogP contribution in [0.25, 0.3) is 0 Å². The molecule has 1 aliphatic heterocycles. The summed E-state index contributed by atoms with van der Waals surface area (Å²) >= 11 is 0. The van der Waals surface area contributed by atoms with Crippen LogP contribution in [0.15, 0.2) is 18.2 Å². The number of hydrogen-bond acceptors (Lipinski definition) is 8. The molecule has 3 unspecified atom stereocenters. The Labute approximate surface area is 126 Å². The molecule has 0 aliphatic carbocycles. The summed E-state index contributed by atoms with van der Waals surface area (Å²) in [7, 11) is 2.90. The molecule has 1 aromatic carbocycles. The van der Waals surface area contributed by atoms with Gasteiger partial charge in [-0.1, -0.05) is 0 Å². The lowest BCUT2D eigenvalue weighted by molar-refractivity contribution is -0.129. The molecule has 0 aromatic heterocycles. The Morgan fingerprint density at radius 1 is 1.32 bits per heavy atom. The fourth-order valence-electron chi connectivity index (χ4n) is 2.04. The number of aliphatic hydroxyl groups excluding tert-OH is 2. The normalized spacial score (nSPS) is 27.5. The SMILES string of the molecule is COc1ccc(C(=O)OCC2(O)COC(O)C2O)cc1OC. The highest BCUT2D eigenvalue weighted by Gasteiger charge is 2.48. The van der Waals surface area contributed by atoms with E-state index in [-0.39, 0.29) is 12.2 Å². The van der Waals surface area contributed by atoms with Gasteiger partial charge in [-0.15, -0.1) is 0 Å². The average molecular weight is 314 g/mol. The largest absolute Gasteiger partial charge is 0.493 e. The molecule has 8 heteroatoms. The topological polar surface area (TPSA) is 115 Å². The number of benzene rings is 1. The van der Waals surface area contributed by atoms with Crippen molar-refractivity contribution in [3.05, 3.63) is 23.8 Å². The van der Waals surface area contributed by atoms with E-state index in [1.807, 2.05) is 0 Å². The van der Waals surface area contributed by atoms with Crippen LogP contribution in [0, 0.1) is 0 Å². The number of esters is 1. The summed E-state index contributed by atoms with van der Waals surface area (Å²) in [5, 5.41) is 28.9. The van der Waals surface area contributed by atoms with Crippen LogP contribution in [0.5, 0.6) is 11.5 Å². The maximum atomic E-state index is 12.0. The maximum absolute atomic E-state index is 12.0. The van der Waals surface area contributed by atoms with E-state index in [1.165, 1.54) is 26.4 Å². The van der Waals surface area contributed by atoms with E-state index in [0.29, 0.717) is 11.5 Å². The van der Waals surface area contributed by atoms with Gasteiger partial charge in [0.1, 0.15) is 12.7 Å². The minimum absolute atomic E-state index is 0.190. The predicted octanol–water partition coefficient (Wildman–Crippen LogP) is -0.699. The average Bonchev–Trinajstić information content (AvgIpc) is 2.80. The van der Waals surface area contributed by atoms with Crippen LogP contribution in [-0.4, -0.2) is 66.7 Å². The van der Waals surface area contributed by atoms with E-state index in [4.69, 9.17) is 18.9 Å². The van der Waals surface area contributed by atoms with Crippen molar-refractivity contribution in [2.45, 2.75) is 18.0 Å². The smallest absolute Gasteiger partial charge is 0.338 e. The quantitative estimate of drug-likeness (QED) is 0.611. The van der Waals surface area contributed by atoms with Crippen molar-refractivity contribution in [3.63, 3.8) is 0 Å². The third-order valence-corrected chi connectivity index (χ3v) is 3.40. The van der Waals surface area contributed by atoms with Crippen molar-refractivity contribution in [1.82, 2.24) is 0 Å². The molecule has 1 fully saturated rings. The molecule has 1 aromatic rings. The Morgan fingerprint density at radius 2 is 2.00 bits per heavy atom. The number of rotatable bonds is 5. The van der Waals surface area contributed by atoms with Gasteiger partial charge in [-0.3, -0.25) is 0 Å². The molecule has 122 valence electrons. The monoisotopic (exact) mass is 314 g/mol. The summed E-state index contributed by atoms with van der Waals surface area (Å²) in [6, 6.07) is 4.45. The molecule has 1 heterocycles. The van der Waals surface area contributed by atoms with Crippen molar-refractivity contribution in [2.24, 2.45) is 0 Å². The van der Waals surface area contributed by atoms with E-state index >= 15 is 0 Å². The van der Waals surface area contributed by atoms with Crippen LogP contribution in [-0.2, 0) is 9.47 Å². The van der Waals surface area contributed by atoms with E-state index in [0.717, 1.165) is 0 Å². The Balaban J connectivity index is 2.04. The summed E-state index contributed by atoms with van der Waals surface area (Å²) in [5.74, 6) is 0.0960. The predicted molar refractivity (Wildman–Crippen MR) is 72.7 cm³/mol. The number of aliphatic hydroxyl groups is 3. The standard InChI is InChI=1S/C14H18O8/c1-19-9-4-3-8(5-10(9)20-2)12(16)21-6-14(18)7-22-13(17)11(14)15/h3-5,11,13,15,17-18H,6-7H2,1-2H3. The second-order valence-corrected chi connectivity index (χ2v) is 4.90. The molecule has 0 spiro atoms. The Bertz CT molecular complexity index is 546. The first-order valence-corrected chi connectivity index (χ1v) is 6.50. The van der Waals surface area contributed by atoms with Gasteiger partial charge in [0.2, 0.25) is 0 Å². The molecule has 1 aliphatic rings. The number of methoxy groups -OCH3 is 2. The lowest BCUT2D eigenvalue weighted by Gasteiger charge is -2.24. The summed E-state index contributed by atoms with van der Waals surface area (Å²) in [4.78, 5) is 12.0. The van der Waals surface area contributed by atoms with Crippen molar-refractivity contribution < 1.29 is 39.1 Å². The zero-order chi connectivity index (χ0) is 16.3. The van der Waals surface area contributed by atoms with Gasteiger partial charge < -0.3 is 34.3 Å². The zero-order valence-electron chi connectivity index (χ0n) is 12.2. The van der Waals surface area contributed by atoms with E-state index in [2.05, 4.69) is 0 Å². The van der Waals surface area contributed by atoms with Crippen LogP contribution >= 0.6 is 0 Å². The Kier molecular flexibility index (Phi) is 4.87. The highest BCUT2D eigenvalue weighted by molar-refractivity contribution is 5.90. The van der Waals surface area contributed by atoms with Crippen LogP contribution in [0.1, 0.15) is 10.4 Å². The van der Waals surface area contributed by atoms with Crippen molar-refractivity contribution in [1.29, 1.82) is 0 Å². The maximum Gasteiger partial charge on any atom is 0.338 e. The van der Waals surface area contributed by atoms with Crippen LogP contribution in [0.2, 0.25) is 0 Å². The molecule has 3 atom stereocenters. The van der Waals surface area contributed by atoms with E-state index in [1.54, 1.807) is 6.07 Å². The second kappa shape index (κ2) is 6.49. The van der Waals surface area contributed by atoms with Crippen LogP contribution < -0.4 is 9.47 Å². The molecule has 22 heavy (non-hydrogen) atoms. The number of hydrogen-bond donors (Lipinski definition) is 3. The van der Waals surface area contributed by atoms with Gasteiger partial charge in [-0.2, -0.15) is 0 Å². The summed E-state index contributed by atoms with van der Waals surface area (Å²) in [6.45, 7) is -0.854. The van der Waals surface area contributed by atoms with E-state index in [9.17, 15) is 20.1 Å². The molecule has 3 N–H and O–H groups in total. The van der Waals surface area contributed by atoms with Crippen molar-refractivity contribution in [3.8, 4) is 11.5 Å². The Morgan fingerprint density at radius 3 is 2.55 bits per heavy atom. The molecular weight excluding hydrogens is 296 g/mol.